The van der Waals surface area contributed by atoms with Gasteiger partial charge in [-0.15, -0.1) is 0 Å². The number of carbonyl (C=O) groups excluding carboxylic acids is 2. The number of benzene rings is 3. The third-order valence-corrected chi connectivity index (χ3v) is 6.11. The molecule has 0 aliphatic carbocycles. The Kier molecular flexibility index (Phi) is 5.26. The van der Waals surface area contributed by atoms with Gasteiger partial charge in [-0.25, -0.2) is 9.96 Å². The number of carbonyl (C=O) groups is 2. The van der Waals surface area contributed by atoms with Crippen molar-refractivity contribution in [2.45, 2.75) is 26.0 Å². The number of hydrogen-bond acceptors (Lipinski definition) is 6. The molecule has 2 saturated heterocycles. The monoisotopic (exact) mass is 444 g/mol. The molecular formula is C26H24N2O5. The minimum atomic E-state index is -0.952. The van der Waals surface area contributed by atoms with Crippen molar-refractivity contribution in [3.05, 3.63) is 83.9 Å². The van der Waals surface area contributed by atoms with Crippen molar-refractivity contribution < 1.29 is 24.3 Å². The summed E-state index contributed by atoms with van der Waals surface area (Å²) in [6, 6.07) is 21.1. The summed E-state index contributed by atoms with van der Waals surface area (Å²) in [7, 11) is 0. The van der Waals surface area contributed by atoms with E-state index in [9.17, 15) is 14.7 Å². The van der Waals surface area contributed by atoms with Crippen LogP contribution in [0.3, 0.4) is 0 Å². The first-order valence-electron chi connectivity index (χ1n) is 10.9. The fourth-order valence-corrected chi connectivity index (χ4v) is 4.59. The fourth-order valence-electron chi connectivity index (χ4n) is 4.59. The summed E-state index contributed by atoms with van der Waals surface area (Å²) in [4.78, 5) is 34.5. The van der Waals surface area contributed by atoms with E-state index in [1.165, 1.54) is 11.0 Å². The average Bonchev–Trinajstić information content (AvgIpc) is 3.33. The molecule has 2 heterocycles. The van der Waals surface area contributed by atoms with E-state index in [0.29, 0.717) is 23.6 Å². The molecule has 0 radical (unpaired) electrons. The van der Waals surface area contributed by atoms with Crippen LogP contribution in [-0.4, -0.2) is 29.6 Å². The molecule has 2 aliphatic rings. The predicted octanol–water partition coefficient (Wildman–Crippen LogP) is 4.15. The lowest BCUT2D eigenvalue weighted by molar-refractivity contribution is -0.126. The molecule has 0 spiro atoms. The van der Waals surface area contributed by atoms with E-state index in [1.54, 1.807) is 29.3 Å². The van der Waals surface area contributed by atoms with Gasteiger partial charge >= 0.3 is 0 Å². The maximum atomic E-state index is 13.7. The van der Waals surface area contributed by atoms with E-state index in [0.717, 1.165) is 11.3 Å². The Hall–Kier alpha value is -3.84. The van der Waals surface area contributed by atoms with Crippen molar-refractivity contribution in [3.63, 3.8) is 0 Å². The molecule has 168 valence electrons. The Bertz CT molecular complexity index is 1210. The number of anilines is 2. The van der Waals surface area contributed by atoms with E-state index in [2.05, 4.69) is 0 Å². The molecule has 0 bridgehead atoms. The number of ether oxygens (including phenoxy) is 1. The molecule has 7 nitrogen and oxygen atoms in total. The molecule has 0 unspecified atom stereocenters. The number of phenols is 1. The highest BCUT2D eigenvalue weighted by Crippen LogP contribution is 2.48. The van der Waals surface area contributed by atoms with Gasteiger partial charge in [-0.2, -0.15) is 0 Å². The van der Waals surface area contributed by atoms with Crippen molar-refractivity contribution in [1.82, 2.24) is 0 Å². The van der Waals surface area contributed by atoms with E-state index < -0.39 is 18.1 Å². The number of para-hydroxylation sites is 2. The topological polar surface area (TPSA) is 79.3 Å². The lowest BCUT2D eigenvalue weighted by atomic mass is 9.90. The van der Waals surface area contributed by atoms with Crippen molar-refractivity contribution >= 4 is 23.2 Å². The highest BCUT2D eigenvalue weighted by atomic mass is 16.7. The highest BCUT2D eigenvalue weighted by molar-refractivity contribution is 6.24. The van der Waals surface area contributed by atoms with Crippen molar-refractivity contribution in [3.8, 4) is 11.5 Å². The number of aryl methyl sites for hydroxylation is 1. The van der Waals surface area contributed by atoms with Gasteiger partial charge in [0.1, 0.15) is 5.92 Å². The predicted molar refractivity (Wildman–Crippen MR) is 123 cm³/mol. The molecule has 33 heavy (non-hydrogen) atoms. The van der Waals surface area contributed by atoms with Gasteiger partial charge in [0.2, 0.25) is 5.91 Å². The number of amides is 2. The first-order valence-corrected chi connectivity index (χ1v) is 10.9. The Morgan fingerprint density at radius 3 is 2.42 bits per heavy atom. The van der Waals surface area contributed by atoms with Gasteiger partial charge in [-0.1, -0.05) is 42.5 Å². The summed E-state index contributed by atoms with van der Waals surface area (Å²) < 4.78 is 5.57. The Labute approximate surface area is 191 Å². The van der Waals surface area contributed by atoms with Crippen LogP contribution in [0.15, 0.2) is 72.8 Å². The second-order valence-electron chi connectivity index (χ2n) is 8.12. The second kappa shape index (κ2) is 8.26. The number of phenolic OH excluding ortho intramolecular Hbond substituents is 1. The molecule has 5 rings (SSSR count). The standard InChI is InChI=1S/C26H24N2O5/c1-3-32-21-15-17(13-14-20(21)29)23-22-24(33-28(23)18-10-5-4-6-11-18)26(31)27(25(22)30)19-12-8-7-9-16(19)2/h4-15,22-24,29H,3H2,1-2H3/t22-,23+,24-/m0/s1. The largest absolute Gasteiger partial charge is 0.504 e. The summed E-state index contributed by atoms with van der Waals surface area (Å²) in [6.07, 6.45) is -0.952. The number of hydroxylamine groups is 1. The zero-order chi connectivity index (χ0) is 23.1. The molecule has 2 amide bonds. The molecule has 1 N–H and O–H groups in total. The Morgan fingerprint density at radius 2 is 1.70 bits per heavy atom. The van der Waals surface area contributed by atoms with Gasteiger partial charge in [0.05, 0.1) is 24.0 Å². The summed E-state index contributed by atoms with van der Waals surface area (Å²) in [5.74, 6) is -1.12. The SMILES string of the molecule is CCOc1cc([C@@H]2[C@@H]3C(=O)N(c4ccccc4C)C(=O)[C@H]3ON2c2ccccc2)ccc1O. The number of imide groups is 1. The first kappa shape index (κ1) is 21.0. The Morgan fingerprint density at radius 1 is 0.970 bits per heavy atom. The van der Waals surface area contributed by atoms with Crippen LogP contribution in [0.4, 0.5) is 11.4 Å². The van der Waals surface area contributed by atoms with E-state index in [1.807, 2.05) is 56.3 Å². The minimum absolute atomic E-state index is 0.0117. The second-order valence-corrected chi connectivity index (χ2v) is 8.12. The fraction of sp³-hybridized carbons (Fsp3) is 0.231. The molecule has 2 fully saturated rings. The van der Waals surface area contributed by atoms with Gasteiger partial charge in [0.25, 0.3) is 5.91 Å². The highest BCUT2D eigenvalue weighted by Gasteiger charge is 2.60. The summed E-state index contributed by atoms with van der Waals surface area (Å²) in [5, 5.41) is 11.8. The quantitative estimate of drug-likeness (QED) is 0.596. The van der Waals surface area contributed by atoms with E-state index in [4.69, 9.17) is 9.57 Å². The molecule has 7 heteroatoms. The van der Waals surface area contributed by atoms with Crippen molar-refractivity contribution in [2.24, 2.45) is 5.92 Å². The number of rotatable bonds is 5. The van der Waals surface area contributed by atoms with Crippen LogP contribution in [-0.2, 0) is 14.4 Å². The van der Waals surface area contributed by atoms with Gasteiger partial charge in [0, 0.05) is 0 Å². The molecule has 3 aromatic carbocycles. The van der Waals surface area contributed by atoms with Gasteiger partial charge in [-0.3, -0.25) is 14.4 Å². The first-order chi connectivity index (χ1) is 16.0. The number of hydrogen-bond donors (Lipinski definition) is 1. The molecule has 2 aliphatic heterocycles. The van der Waals surface area contributed by atoms with Gasteiger partial charge in [-0.05, 0) is 55.3 Å². The molecule has 3 atom stereocenters. The Balaban J connectivity index is 1.61. The van der Waals surface area contributed by atoms with Crippen LogP contribution >= 0.6 is 0 Å². The number of fused-ring (bicyclic) bond motifs is 1. The maximum absolute atomic E-state index is 13.7. The lowest BCUT2D eigenvalue weighted by Crippen LogP contribution is -2.37. The number of nitrogens with zero attached hydrogens (tertiary/aromatic N) is 2. The molecular weight excluding hydrogens is 420 g/mol. The summed E-state index contributed by atoms with van der Waals surface area (Å²) in [6.45, 7) is 4.08. The lowest BCUT2D eigenvalue weighted by Gasteiger charge is -2.29. The van der Waals surface area contributed by atoms with Crippen LogP contribution in [0.2, 0.25) is 0 Å². The summed E-state index contributed by atoms with van der Waals surface area (Å²) in [5.41, 5.74) is 2.83. The van der Waals surface area contributed by atoms with Crippen molar-refractivity contribution in [2.75, 3.05) is 16.6 Å². The van der Waals surface area contributed by atoms with Crippen LogP contribution in [0, 0.1) is 12.8 Å². The van der Waals surface area contributed by atoms with Crippen LogP contribution in [0.25, 0.3) is 0 Å². The van der Waals surface area contributed by atoms with Crippen LogP contribution < -0.4 is 14.7 Å². The zero-order valence-corrected chi connectivity index (χ0v) is 18.3. The normalized spacial score (nSPS) is 22.1. The average molecular weight is 444 g/mol. The van der Waals surface area contributed by atoms with E-state index >= 15 is 0 Å². The maximum Gasteiger partial charge on any atom is 0.266 e. The third-order valence-electron chi connectivity index (χ3n) is 6.11. The van der Waals surface area contributed by atoms with Gasteiger partial charge < -0.3 is 9.84 Å². The molecule has 0 saturated carbocycles. The van der Waals surface area contributed by atoms with Crippen LogP contribution in [0.1, 0.15) is 24.1 Å². The summed E-state index contributed by atoms with van der Waals surface area (Å²) >= 11 is 0. The van der Waals surface area contributed by atoms with Crippen molar-refractivity contribution in [1.29, 1.82) is 0 Å². The zero-order valence-electron chi connectivity index (χ0n) is 18.3. The van der Waals surface area contributed by atoms with Crippen LogP contribution in [0.5, 0.6) is 11.5 Å². The van der Waals surface area contributed by atoms with Gasteiger partial charge in [0.15, 0.2) is 17.6 Å². The minimum Gasteiger partial charge on any atom is -0.504 e. The number of aromatic hydroxyl groups is 1. The molecule has 0 aromatic heterocycles. The third kappa shape index (κ3) is 3.41. The molecule has 3 aromatic rings. The smallest absolute Gasteiger partial charge is 0.266 e. The van der Waals surface area contributed by atoms with E-state index in [-0.39, 0.29) is 17.6 Å².